The SMILES string of the molecule is c1ccc2c(c1)Cc1ccc3c4c1C2c1cccc2c1C41[n+]4c(cc5ccccc5c4C3)-c3c4ccccc4cc([n+]31)C2. The zero-order valence-electron chi connectivity index (χ0n) is 23.6. The molecule has 7 aromatic rings. The number of nitrogens with zero attached hydrogens (tertiary/aromatic N) is 2. The molecule has 5 aliphatic rings. The first kappa shape index (κ1) is 21.6. The number of aromatic nitrogens is 2. The minimum Gasteiger partial charge on any atom is -0.116 e. The topological polar surface area (TPSA) is 7.76 Å². The first-order valence-electron chi connectivity index (χ1n) is 15.6. The van der Waals surface area contributed by atoms with Gasteiger partial charge in [0.1, 0.15) is 11.1 Å². The Morgan fingerprint density at radius 1 is 0.535 bits per heavy atom. The van der Waals surface area contributed by atoms with Gasteiger partial charge in [-0.3, -0.25) is 0 Å². The average Bonchev–Trinajstić information content (AvgIpc) is 3.36. The van der Waals surface area contributed by atoms with Gasteiger partial charge in [0.2, 0.25) is 5.69 Å². The van der Waals surface area contributed by atoms with E-state index in [1.54, 1.807) is 11.1 Å². The van der Waals surface area contributed by atoms with Crippen molar-refractivity contribution >= 4 is 21.5 Å². The van der Waals surface area contributed by atoms with Crippen molar-refractivity contribution in [2.75, 3.05) is 0 Å². The van der Waals surface area contributed by atoms with Crippen molar-refractivity contribution in [1.29, 1.82) is 0 Å². The smallest absolute Gasteiger partial charge is 0.116 e. The molecule has 1 spiro atoms. The van der Waals surface area contributed by atoms with Crippen LogP contribution in [-0.4, -0.2) is 0 Å². The summed E-state index contributed by atoms with van der Waals surface area (Å²) >= 11 is 0. The minimum absolute atomic E-state index is 0.271. The largest absolute Gasteiger partial charge is 0.417 e. The molecular weight excluding hydrogens is 520 g/mol. The van der Waals surface area contributed by atoms with E-state index in [2.05, 4.69) is 124 Å². The molecule has 0 amide bonds. The van der Waals surface area contributed by atoms with E-state index >= 15 is 0 Å². The molecule has 2 unspecified atom stereocenters. The van der Waals surface area contributed by atoms with Gasteiger partial charge < -0.3 is 0 Å². The summed E-state index contributed by atoms with van der Waals surface area (Å²) in [5, 5.41) is 5.39. The zero-order chi connectivity index (χ0) is 27.6. The second-order valence-electron chi connectivity index (χ2n) is 13.2. The molecule has 0 bridgehead atoms. The van der Waals surface area contributed by atoms with Gasteiger partial charge in [-0.2, -0.15) is 0 Å². The van der Waals surface area contributed by atoms with Crippen LogP contribution in [0.2, 0.25) is 0 Å². The van der Waals surface area contributed by atoms with Gasteiger partial charge in [0, 0.05) is 23.4 Å². The summed E-state index contributed by atoms with van der Waals surface area (Å²) in [6.45, 7) is 0. The van der Waals surface area contributed by atoms with Crippen molar-refractivity contribution in [1.82, 2.24) is 0 Å². The number of fused-ring (bicyclic) bond motifs is 8. The average molecular weight is 547 g/mol. The maximum Gasteiger partial charge on any atom is 0.417 e. The molecule has 198 valence electrons. The maximum atomic E-state index is 2.81. The van der Waals surface area contributed by atoms with Gasteiger partial charge in [-0.15, -0.1) is 9.13 Å². The Bertz CT molecular complexity index is 2500. The Hall–Kier alpha value is -5.08. The standard InChI is InChI=1S/C41H26N2/c1-4-12-30-25(10-1)21-35-40-32-14-6-3-9-24(32)19-29-20-27-11-7-15-33-37-31-13-5-2-8-23(31)18-26-16-17-28-22-34(30)43(35)41(38(27)33,42(29)40)39(28)36(26)37/h1-17,19,21,37H,18,20,22H2/q+2. The van der Waals surface area contributed by atoms with Crippen LogP contribution < -0.4 is 9.13 Å². The van der Waals surface area contributed by atoms with Crippen LogP contribution in [0.5, 0.6) is 0 Å². The molecule has 3 aliphatic heterocycles. The second kappa shape index (κ2) is 6.93. The lowest BCUT2D eigenvalue weighted by Crippen LogP contribution is -2.77. The summed E-state index contributed by atoms with van der Waals surface area (Å²) in [7, 11) is 0. The maximum absolute atomic E-state index is 2.81. The minimum atomic E-state index is -0.421. The molecule has 2 nitrogen and oxygen atoms in total. The lowest BCUT2D eigenvalue weighted by molar-refractivity contribution is -0.946. The summed E-state index contributed by atoms with van der Waals surface area (Å²) in [5.74, 6) is 0.271. The molecule has 2 heteroatoms. The highest BCUT2D eigenvalue weighted by atomic mass is 15.4. The molecule has 12 rings (SSSR count). The summed E-state index contributed by atoms with van der Waals surface area (Å²) in [4.78, 5) is 0. The Morgan fingerprint density at radius 3 is 2.19 bits per heavy atom. The summed E-state index contributed by atoms with van der Waals surface area (Å²) in [6, 6.07) is 44.5. The van der Waals surface area contributed by atoms with Gasteiger partial charge in [-0.05, 0) is 68.3 Å². The van der Waals surface area contributed by atoms with Crippen molar-refractivity contribution in [3.8, 4) is 11.4 Å². The molecule has 0 fully saturated rings. The van der Waals surface area contributed by atoms with E-state index in [1.165, 1.54) is 83.3 Å². The predicted octanol–water partition coefficient (Wildman–Crippen LogP) is 7.05. The van der Waals surface area contributed by atoms with Crippen molar-refractivity contribution in [3.63, 3.8) is 0 Å². The molecule has 5 heterocycles. The molecule has 43 heavy (non-hydrogen) atoms. The third kappa shape index (κ3) is 2.20. The Kier molecular flexibility index (Phi) is 3.48. The van der Waals surface area contributed by atoms with Crippen LogP contribution >= 0.6 is 0 Å². The van der Waals surface area contributed by atoms with Crippen LogP contribution in [0.25, 0.3) is 32.9 Å². The van der Waals surface area contributed by atoms with E-state index < -0.39 is 5.66 Å². The Morgan fingerprint density at radius 2 is 1.26 bits per heavy atom. The molecule has 0 radical (unpaired) electrons. The van der Waals surface area contributed by atoms with Crippen LogP contribution in [-0.2, 0) is 24.9 Å². The Balaban J connectivity index is 1.38. The predicted molar refractivity (Wildman–Crippen MR) is 168 cm³/mol. The number of hydrogen-bond donors (Lipinski definition) is 0. The molecule has 5 aromatic carbocycles. The van der Waals surface area contributed by atoms with Crippen LogP contribution in [0.3, 0.4) is 0 Å². The highest BCUT2D eigenvalue weighted by molar-refractivity contribution is 5.95. The molecule has 0 saturated heterocycles. The van der Waals surface area contributed by atoms with Crippen molar-refractivity contribution in [2.24, 2.45) is 0 Å². The van der Waals surface area contributed by atoms with Crippen LogP contribution in [0.1, 0.15) is 67.4 Å². The fraction of sp³-hybridized carbons (Fsp3) is 0.122. The van der Waals surface area contributed by atoms with Crippen LogP contribution in [0.15, 0.2) is 115 Å². The van der Waals surface area contributed by atoms with Crippen molar-refractivity contribution < 1.29 is 9.13 Å². The number of hydrogen-bond acceptors (Lipinski definition) is 0. The van der Waals surface area contributed by atoms with E-state index in [4.69, 9.17) is 0 Å². The second-order valence-corrected chi connectivity index (χ2v) is 13.2. The number of rotatable bonds is 0. The molecule has 2 aliphatic carbocycles. The lowest BCUT2D eigenvalue weighted by atomic mass is 9.60. The summed E-state index contributed by atoms with van der Waals surface area (Å²) < 4.78 is 5.61. The van der Waals surface area contributed by atoms with E-state index in [-0.39, 0.29) is 5.92 Å². The summed E-state index contributed by atoms with van der Waals surface area (Å²) in [5.41, 5.74) is 18.7. The normalized spacial score (nSPS) is 20.1. The number of pyridine rings is 2. The molecule has 0 saturated carbocycles. The Labute approximate surface area is 249 Å². The molecule has 0 N–H and O–H groups in total. The van der Waals surface area contributed by atoms with Crippen molar-refractivity contribution in [2.45, 2.75) is 30.8 Å². The fourth-order valence-electron chi connectivity index (χ4n) is 10.1. The van der Waals surface area contributed by atoms with Crippen molar-refractivity contribution in [3.05, 3.63) is 177 Å². The van der Waals surface area contributed by atoms with Gasteiger partial charge in [0.15, 0.2) is 5.69 Å². The van der Waals surface area contributed by atoms with Gasteiger partial charge in [0.25, 0.3) is 11.4 Å². The van der Waals surface area contributed by atoms with Gasteiger partial charge in [0.05, 0.1) is 18.2 Å². The third-order valence-electron chi connectivity index (χ3n) is 11.4. The van der Waals surface area contributed by atoms with E-state index in [0.29, 0.717) is 0 Å². The summed E-state index contributed by atoms with van der Waals surface area (Å²) in [6.07, 6.45) is 2.90. The first-order valence-corrected chi connectivity index (χ1v) is 15.6. The highest BCUT2D eigenvalue weighted by Gasteiger charge is 2.73. The van der Waals surface area contributed by atoms with Gasteiger partial charge >= 0.3 is 5.66 Å². The van der Waals surface area contributed by atoms with Gasteiger partial charge in [-0.25, -0.2) is 0 Å². The number of benzene rings is 5. The van der Waals surface area contributed by atoms with E-state index in [9.17, 15) is 0 Å². The highest BCUT2D eigenvalue weighted by Crippen LogP contribution is 2.58. The van der Waals surface area contributed by atoms with E-state index in [1.807, 2.05) is 0 Å². The van der Waals surface area contributed by atoms with E-state index in [0.717, 1.165) is 19.3 Å². The fourth-order valence-corrected chi connectivity index (χ4v) is 10.1. The first-order chi connectivity index (χ1) is 21.3. The monoisotopic (exact) mass is 546 g/mol. The zero-order valence-corrected chi connectivity index (χ0v) is 23.6. The third-order valence-corrected chi connectivity index (χ3v) is 11.4. The lowest BCUT2D eigenvalue weighted by Gasteiger charge is -2.43. The molecular formula is C41H26N2+2. The quantitative estimate of drug-likeness (QED) is 0.180. The van der Waals surface area contributed by atoms with Crippen LogP contribution in [0.4, 0.5) is 0 Å². The molecule has 2 atom stereocenters. The van der Waals surface area contributed by atoms with Gasteiger partial charge in [-0.1, -0.05) is 91.0 Å². The molecule has 2 aromatic heterocycles. The van der Waals surface area contributed by atoms with Crippen LogP contribution in [0, 0.1) is 0 Å².